The zero-order chi connectivity index (χ0) is 18.0. The van der Waals surface area contributed by atoms with Gasteiger partial charge in [-0.05, 0) is 25.5 Å². The number of amides is 1. The van der Waals surface area contributed by atoms with Crippen LogP contribution < -0.4 is 11.1 Å². The molecule has 3 aromatic rings. The Morgan fingerprint density at radius 2 is 2.00 bits per heavy atom. The molecule has 3 N–H and O–H groups in total. The van der Waals surface area contributed by atoms with Crippen molar-refractivity contribution >= 4 is 22.5 Å². The molecule has 0 atom stereocenters. The van der Waals surface area contributed by atoms with Crippen LogP contribution in [0.25, 0.3) is 22.0 Å². The van der Waals surface area contributed by atoms with Crippen molar-refractivity contribution in [2.24, 2.45) is 0 Å². The number of aromatic nitrogens is 2. The number of nitrogens with two attached hydrogens (primary N) is 1. The Kier molecular flexibility index (Phi) is 4.61. The second-order valence-electron chi connectivity index (χ2n) is 5.90. The van der Waals surface area contributed by atoms with Gasteiger partial charge in [-0.25, -0.2) is 4.39 Å². The molecule has 0 saturated heterocycles. The van der Waals surface area contributed by atoms with Crippen molar-refractivity contribution < 1.29 is 9.18 Å². The summed E-state index contributed by atoms with van der Waals surface area (Å²) in [7, 11) is 0. The highest BCUT2D eigenvalue weighted by Gasteiger charge is 2.18. The van der Waals surface area contributed by atoms with Crippen LogP contribution in [0.4, 0.5) is 10.1 Å². The lowest BCUT2D eigenvalue weighted by Crippen LogP contribution is -2.26. The molecule has 0 unspecified atom stereocenters. The molecular weight excluding hydrogens is 319 g/mol. The average Bonchev–Trinajstić information content (AvgIpc) is 2.62. The number of rotatable bonds is 4. The maximum atomic E-state index is 14.3. The Bertz CT molecular complexity index is 956. The number of nitrogen functional groups attached to an aromatic ring is 1. The lowest BCUT2D eigenvalue weighted by atomic mass is 9.99. The van der Waals surface area contributed by atoms with Crippen molar-refractivity contribution in [2.45, 2.75) is 20.3 Å². The third-order valence-electron chi connectivity index (χ3n) is 3.99. The number of anilines is 1. The zero-order valence-corrected chi connectivity index (χ0v) is 14.1. The van der Waals surface area contributed by atoms with E-state index in [0.29, 0.717) is 28.6 Å². The maximum Gasteiger partial charge on any atom is 0.273 e. The van der Waals surface area contributed by atoms with Crippen LogP contribution in [0.3, 0.4) is 0 Å². The van der Waals surface area contributed by atoms with Crippen LogP contribution in [0.5, 0.6) is 0 Å². The summed E-state index contributed by atoms with van der Waals surface area (Å²) in [5, 5.41) is 11.5. The van der Waals surface area contributed by atoms with Gasteiger partial charge in [-0.3, -0.25) is 4.79 Å². The van der Waals surface area contributed by atoms with Crippen LogP contribution in [0.2, 0.25) is 0 Å². The molecular formula is C19H19FN4O. The standard InChI is InChI=1S/C19H19FN4O/c1-3-9-22-19(25)18-16(21)13-6-4-5-12(17(13)23-24-18)14-10-11(2)7-8-15(14)20/h4-8,10H,3,9H2,1-2H3,(H2,21,23)(H,22,25). The third-order valence-corrected chi connectivity index (χ3v) is 3.99. The molecule has 0 fully saturated rings. The predicted octanol–water partition coefficient (Wildman–Crippen LogP) is 3.47. The predicted molar refractivity (Wildman–Crippen MR) is 96.7 cm³/mol. The lowest BCUT2D eigenvalue weighted by molar-refractivity contribution is 0.0949. The molecule has 3 rings (SSSR count). The topological polar surface area (TPSA) is 80.9 Å². The van der Waals surface area contributed by atoms with Crippen LogP contribution >= 0.6 is 0 Å². The minimum atomic E-state index is -0.360. The van der Waals surface area contributed by atoms with Gasteiger partial charge in [0.1, 0.15) is 11.3 Å². The summed E-state index contributed by atoms with van der Waals surface area (Å²) in [5.41, 5.74) is 8.91. The fourth-order valence-corrected chi connectivity index (χ4v) is 2.70. The quantitative estimate of drug-likeness (QED) is 0.763. The lowest BCUT2D eigenvalue weighted by Gasteiger charge is -2.11. The van der Waals surface area contributed by atoms with E-state index in [9.17, 15) is 9.18 Å². The van der Waals surface area contributed by atoms with Crippen molar-refractivity contribution in [3.8, 4) is 11.1 Å². The average molecular weight is 338 g/mol. The van der Waals surface area contributed by atoms with Crippen molar-refractivity contribution in [1.82, 2.24) is 15.5 Å². The number of halogens is 1. The fourth-order valence-electron chi connectivity index (χ4n) is 2.70. The van der Waals surface area contributed by atoms with E-state index in [2.05, 4.69) is 15.5 Å². The van der Waals surface area contributed by atoms with Crippen LogP contribution in [0, 0.1) is 12.7 Å². The van der Waals surface area contributed by atoms with Crippen molar-refractivity contribution in [3.05, 3.63) is 53.5 Å². The van der Waals surface area contributed by atoms with Gasteiger partial charge in [-0.15, -0.1) is 10.2 Å². The number of nitrogens with one attached hydrogen (secondary N) is 1. The highest BCUT2D eigenvalue weighted by Crippen LogP contribution is 2.32. The first kappa shape index (κ1) is 16.8. The van der Waals surface area contributed by atoms with Crippen molar-refractivity contribution in [2.75, 3.05) is 12.3 Å². The van der Waals surface area contributed by atoms with E-state index in [1.54, 1.807) is 30.3 Å². The molecule has 128 valence electrons. The van der Waals surface area contributed by atoms with Crippen LogP contribution in [0.1, 0.15) is 29.4 Å². The zero-order valence-electron chi connectivity index (χ0n) is 14.1. The summed E-state index contributed by atoms with van der Waals surface area (Å²) in [5.74, 6) is -0.705. The number of fused-ring (bicyclic) bond motifs is 1. The summed E-state index contributed by atoms with van der Waals surface area (Å²) in [6.07, 6.45) is 0.809. The number of carbonyl (C=O) groups excluding carboxylic acids is 1. The van der Waals surface area contributed by atoms with Gasteiger partial charge in [0, 0.05) is 23.1 Å². The Morgan fingerprint density at radius 3 is 2.76 bits per heavy atom. The number of nitrogens with zero attached hydrogens (tertiary/aromatic N) is 2. The number of hydrogen-bond donors (Lipinski definition) is 2. The first-order valence-electron chi connectivity index (χ1n) is 8.12. The third kappa shape index (κ3) is 3.15. The molecule has 0 aliphatic carbocycles. The second kappa shape index (κ2) is 6.84. The Balaban J connectivity index is 2.16. The highest BCUT2D eigenvalue weighted by atomic mass is 19.1. The molecule has 0 aliphatic rings. The first-order valence-corrected chi connectivity index (χ1v) is 8.12. The van der Waals surface area contributed by atoms with E-state index in [-0.39, 0.29) is 23.1 Å². The molecule has 0 saturated carbocycles. The molecule has 1 heterocycles. The number of hydrogen-bond acceptors (Lipinski definition) is 4. The monoisotopic (exact) mass is 338 g/mol. The summed E-state index contributed by atoms with van der Waals surface area (Å²) in [6.45, 7) is 4.38. The van der Waals surface area contributed by atoms with Crippen molar-refractivity contribution in [3.63, 3.8) is 0 Å². The number of carbonyl (C=O) groups is 1. The molecule has 0 radical (unpaired) electrons. The smallest absolute Gasteiger partial charge is 0.273 e. The van der Waals surface area contributed by atoms with E-state index < -0.39 is 0 Å². The van der Waals surface area contributed by atoms with Gasteiger partial charge in [-0.1, -0.05) is 36.8 Å². The van der Waals surface area contributed by atoms with Gasteiger partial charge in [-0.2, -0.15) is 0 Å². The van der Waals surface area contributed by atoms with Gasteiger partial charge in [0.15, 0.2) is 5.69 Å². The van der Waals surface area contributed by atoms with Gasteiger partial charge in [0.25, 0.3) is 5.91 Å². The van der Waals surface area contributed by atoms with E-state index in [1.807, 2.05) is 13.8 Å². The van der Waals surface area contributed by atoms with Gasteiger partial charge in [0.2, 0.25) is 0 Å². The second-order valence-corrected chi connectivity index (χ2v) is 5.90. The largest absolute Gasteiger partial charge is 0.396 e. The molecule has 5 nitrogen and oxygen atoms in total. The van der Waals surface area contributed by atoms with Crippen LogP contribution in [0.15, 0.2) is 36.4 Å². The van der Waals surface area contributed by atoms with E-state index in [0.717, 1.165) is 12.0 Å². The maximum absolute atomic E-state index is 14.3. The van der Waals surface area contributed by atoms with E-state index in [4.69, 9.17) is 5.73 Å². The first-order chi connectivity index (χ1) is 12.0. The van der Waals surface area contributed by atoms with Crippen molar-refractivity contribution in [1.29, 1.82) is 0 Å². The van der Waals surface area contributed by atoms with Crippen LogP contribution in [-0.2, 0) is 0 Å². The molecule has 2 aromatic carbocycles. The summed E-state index contributed by atoms with van der Waals surface area (Å²) in [6, 6.07) is 10.2. The molecule has 1 aromatic heterocycles. The SMILES string of the molecule is CCCNC(=O)c1nnc2c(-c3cc(C)ccc3F)cccc2c1N. The Labute approximate surface area is 145 Å². The molecule has 6 heteroatoms. The van der Waals surface area contributed by atoms with E-state index >= 15 is 0 Å². The Hall–Kier alpha value is -3.02. The number of benzene rings is 2. The molecule has 0 bridgehead atoms. The van der Waals surface area contributed by atoms with Gasteiger partial charge in [0.05, 0.1) is 5.69 Å². The minimum absolute atomic E-state index is 0.0859. The summed E-state index contributed by atoms with van der Waals surface area (Å²) in [4.78, 5) is 12.2. The molecule has 0 aliphatic heterocycles. The molecule has 25 heavy (non-hydrogen) atoms. The normalized spacial score (nSPS) is 10.8. The Morgan fingerprint density at radius 1 is 1.20 bits per heavy atom. The molecule has 0 spiro atoms. The number of aryl methyl sites for hydroxylation is 1. The highest BCUT2D eigenvalue weighted by molar-refractivity contribution is 6.07. The summed E-state index contributed by atoms with van der Waals surface area (Å²) < 4.78 is 14.3. The fraction of sp³-hybridized carbons (Fsp3) is 0.211. The summed E-state index contributed by atoms with van der Waals surface area (Å²) >= 11 is 0. The minimum Gasteiger partial charge on any atom is -0.396 e. The van der Waals surface area contributed by atoms with Crippen LogP contribution in [-0.4, -0.2) is 22.6 Å². The molecule has 1 amide bonds. The van der Waals surface area contributed by atoms with E-state index in [1.165, 1.54) is 6.07 Å². The van der Waals surface area contributed by atoms with Gasteiger partial charge < -0.3 is 11.1 Å². The van der Waals surface area contributed by atoms with Gasteiger partial charge >= 0.3 is 0 Å².